The zero-order valence-corrected chi connectivity index (χ0v) is 11.1. The van der Waals surface area contributed by atoms with Crippen LogP contribution < -0.4 is 10.6 Å². The number of anilines is 2. The summed E-state index contributed by atoms with van der Waals surface area (Å²) in [7, 11) is 0. The van der Waals surface area contributed by atoms with Crippen LogP contribution in [0.2, 0.25) is 0 Å². The molecule has 0 bridgehead atoms. The van der Waals surface area contributed by atoms with Crippen molar-refractivity contribution in [2.45, 2.75) is 26.3 Å². The molecule has 2 heterocycles. The van der Waals surface area contributed by atoms with Crippen LogP contribution in [-0.4, -0.2) is 21.9 Å². The minimum atomic E-state index is 0.0203. The third kappa shape index (κ3) is 3.13. The van der Waals surface area contributed by atoms with Gasteiger partial charge in [0.15, 0.2) is 0 Å². The number of H-pyrrole nitrogens is 1. The van der Waals surface area contributed by atoms with Crippen LogP contribution in [0.25, 0.3) is 0 Å². The number of aromatic amines is 1. The maximum absolute atomic E-state index is 12.4. The van der Waals surface area contributed by atoms with Crippen LogP contribution in [0.5, 0.6) is 0 Å². The molecule has 19 heavy (non-hydrogen) atoms. The second-order valence-electron chi connectivity index (χ2n) is 4.70. The van der Waals surface area contributed by atoms with E-state index in [4.69, 9.17) is 5.73 Å². The quantitative estimate of drug-likeness (QED) is 0.880. The number of hydrogen-bond donors (Lipinski definition) is 2. The molecular formula is C14H18N4O. The number of pyridine rings is 1. The number of nitrogens with one attached hydrogen (secondary N) is 1. The Balaban J connectivity index is 2.20. The lowest BCUT2D eigenvalue weighted by molar-refractivity contribution is -0.118. The highest BCUT2D eigenvalue weighted by Crippen LogP contribution is 2.17. The van der Waals surface area contributed by atoms with Crippen LogP contribution in [0, 0.1) is 0 Å². The van der Waals surface area contributed by atoms with E-state index in [0.717, 1.165) is 5.56 Å². The maximum atomic E-state index is 12.4. The molecular weight excluding hydrogens is 240 g/mol. The van der Waals surface area contributed by atoms with Crippen LogP contribution in [-0.2, 0) is 11.2 Å². The van der Waals surface area contributed by atoms with E-state index in [1.54, 1.807) is 23.2 Å². The van der Waals surface area contributed by atoms with E-state index < -0.39 is 0 Å². The van der Waals surface area contributed by atoms with Gasteiger partial charge in [-0.1, -0.05) is 0 Å². The fourth-order valence-corrected chi connectivity index (χ4v) is 1.95. The molecule has 0 atom stereocenters. The average Bonchev–Trinajstić information content (AvgIpc) is 2.84. The monoisotopic (exact) mass is 258 g/mol. The number of nitrogens with zero attached hydrogens (tertiary/aromatic N) is 2. The first-order valence-electron chi connectivity index (χ1n) is 6.23. The Bertz CT molecular complexity index is 531. The molecule has 5 heteroatoms. The number of hydrogen-bond acceptors (Lipinski definition) is 3. The average molecular weight is 258 g/mol. The summed E-state index contributed by atoms with van der Waals surface area (Å²) in [5.74, 6) is 0.650. The van der Waals surface area contributed by atoms with Gasteiger partial charge in [-0.3, -0.25) is 9.69 Å². The highest BCUT2D eigenvalue weighted by Gasteiger charge is 2.20. The van der Waals surface area contributed by atoms with Crippen LogP contribution in [0.3, 0.4) is 0 Å². The van der Waals surface area contributed by atoms with Crippen molar-refractivity contribution in [2.75, 3.05) is 10.6 Å². The molecule has 3 N–H and O–H groups in total. The van der Waals surface area contributed by atoms with Gasteiger partial charge in [0.05, 0.1) is 18.3 Å². The number of rotatable bonds is 4. The van der Waals surface area contributed by atoms with E-state index in [1.165, 1.54) is 0 Å². The predicted octanol–water partition coefficient (Wildman–Crippen LogP) is 1.98. The normalized spacial score (nSPS) is 10.7. The van der Waals surface area contributed by atoms with Gasteiger partial charge in [0.2, 0.25) is 5.91 Å². The van der Waals surface area contributed by atoms with E-state index in [-0.39, 0.29) is 11.9 Å². The molecule has 2 rings (SSSR count). The van der Waals surface area contributed by atoms with Crippen LogP contribution in [0.15, 0.2) is 36.8 Å². The minimum absolute atomic E-state index is 0.0203. The van der Waals surface area contributed by atoms with Crippen molar-refractivity contribution in [3.63, 3.8) is 0 Å². The van der Waals surface area contributed by atoms with Crippen LogP contribution >= 0.6 is 0 Å². The van der Waals surface area contributed by atoms with Crippen molar-refractivity contribution in [3.05, 3.63) is 42.4 Å². The summed E-state index contributed by atoms with van der Waals surface area (Å²) in [5, 5.41) is 0. The third-order valence-corrected chi connectivity index (χ3v) is 2.82. The second-order valence-corrected chi connectivity index (χ2v) is 4.70. The van der Waals surface area contributed by atoms with Gasteiger partial charge in [-0.05, 0) is 37.6 Å². The molecule has 5 nitrogen and oxygen atoms in total. The molecule has 2 aromatic heterocycles. The number of carbonyl (C=O) groups is 1. The van der Waals surface area contributed by atoms with Crippen molar-refractivity contribution < 1.29 is 4.79 Å². The number of nitrogens with two attached hydrogens (primary N) is 1. The van der Waals surface area contributed by atoms with Gasteiger partial charge >= 0.3 is 0 Å². The first kappa shape index (κ1) is 13.1. The number of carbonyl (C=O) groups excluding carboxylic acids is 1. The van der Waals surface area contributed by atoms with E-state index in [0.29, 0.717) is 17.9 Å². The molecule has 0 aliphatic heterocycles. The summed E-state index contributed by atoms with van der Waals surface area (Å²) >= 11 is 0. The summed E-state index contributed by atoms with van der Waals surface area (Å²) in [6, 6.07) is 5.46. The molecule has 2 aromatic rings. The summed E-state index contributed by atoms with van der Waals surface area (Å²) < 4.78 is 0. The van der Waals surface area contributed by atoms with Crippen molar-refractivity contribution >= 4 is 17.4 Å². The second kappa shape index (κ2) is 5.56. The highest BCUT2D eigenvalue weighted by molar-refractivity contribution is 5.94. The molecule has 0 aliphatic carbocycles. The lowest BCUT2D eigenvalue weighted by atomic mass is 10.2. The Labute approximate surface area is 112 Å². The topological polar surface area (TPSA) is 75.0 Å². The molecule has 0 saturated heterocycles. The zero-order valence-electron chi connectivity index (χ0n) is 11.1. The number of aromatic nitrogens is 2. The van der Waals surface area contributed by atoms with Crippen molar-refractivity contribution in [1.29, 1.82) is 0 Å². The highest BCUT2D eigenvalue weighted by atomic mass is 16.2. The standard InChI is InChI=1S/C14H18N4O/c1-10(2)18(13-4-3-12(15)9-17-13)14(19)7-11-5-6-16-8-11/h3-6,8-10,16H,7,15H2,1-2H3. The minimum Gasteiger partial charge on any atom is -0.397 e. The fourth-order valence-electron chi connectivity index (χ4n) is 1.95. The molecule has 0 radical (unpaired) electrons. The van der Waals surface area contributed by atoms with Crippen LogP contribution in [0.4, 0.5) is 11.5 Å². The van der Waals surface area contributed by atoms with Crippen molar-refractivity contribution in [1.82, 2.24) is 9.97 Å². The van der Waals surface area contributed by atoms with E-state index >= 15 is 0 Å². The SMILES string of the molecule is CC(C)N(C(=O)Cc1cc[nH]c1)c1ccc(N)cn1. The molecule has 0 fully saturated rings. The van der Waals surface area contributed by atoms with E-state index in [2.05, 4.69) is 9.97 Å². The Morgan fingerprint density at radius 2 is 2.21 bits per heavy atom. The first-order chi connectivity index (χ1) is 9.08. The Hall–Kier alpha value is -2.30. The first-order valence-corrected chi connectivity index (χ1v) is 6.23. The maximum Gasteiger partial charge on any atom is 0.232 e. The molecule has 0 aromatic carbocycles. The van der Waals surface area contributed by atoms with E-state index in [1.807, 2.05) is 32.3 Å². The summed E-state index contributed by atoms with van der Waals surface area (Å²) in [6.45, 7) is 3.93. The smallest absolute Gasteiger partial charge is 0.232 e. The van der Waals surface area contributed by atoms with E-state index in [9.17, 15) is 4.79 Å². The Morgan fingerprint density at radius 3 is 2.74 bits per heavy atom. The summed E-state index contributed by atoms with van der Waals surface area (Å²) in [5.41, 5.74) is 7.17. The zero-order chi connectivity index (χ0) is 13.8. The van der Waals surface area contributed by atoms with Gasteiger partial charge in [0, 0.05) is 18.4 Å². The largest absolute Gasteiger partial charge is 0.397 e. The molecule has 0 spiro atoms. The molecule has 100 valence electrons. The third-order valence-electron chi connectivity index (χ3n) is 2.82. The van der Waals surface area contributed by atoms with Gasteiger partial charge in [-0.2, -0.15) is 0 Å². The van der Waals surface area contributed by atoms with Gasteiger partial charge < -0.3 is 10.7 Å². The van der Waals surface area contributed by atoms with Gasteiger partial charge in [-0.15, -0.1) is 0 Å². The molecule has 0 aliphatic rings. The van der Waals surface area contributed by atoms with Crippen molar-refractivity contribution in [2.24, 2.45) is 0 Å². The predicted molar refractivity (Wildman–Crippen MR) is 75.8 cm³/mol. The van der Waals surface area contributed by atoms with Gasteiger partial charge in [-0.25, -0.2) is 4.98 Å². The molecule has 0 saturated carbocycles. The lowest BCUT2D eigenvalue weighted by Crippen LogP contribution is -2.38. The van der Waals surface area contributed by atoms with Crippen LogP contribution in [0.1, 0.15) is 19.4 Å². The molecule has 1 amide bonds. The molecule has 0 unspecified atom stereocenters. The lowest BCUT2D eigenvalue weighted by Gasteiger charge is -2.25. The van der Waals surface area contributed by atoms with Gasteiger partial charge in [0.25, 0.3) is 0 Å². The fraction of sp³-hybridized carbons (Fsp3) is 0.286. The van der Waals surface area contributed by atoms with Gasteiger partial charge in [0.1, 0.15) is 5.82 Å². The number of amides is 1. The Morgan fingerprint density at radius 1 is 1.42 bits per heavy atom. The number of nitrogen functional groups attached to an aromatic ring is 1. The summed E-state index contributed by atoms with van der Waals surface area (Å²) in [6.07, 6.45) is 5.55. The summed E-state index contributed by atoms with van der Waals surface area (Å²) in [4.78, 5) is 21.2. The Kier molecular flexibility index (Phi) is 3.85. The van der Waals surface area contributed by atoms with Crippen molar-refractivity contribution in [3.8, 4) is 0 Å².